The van der Waals surface area contributed by atoms with Gasteiger partial charge in [0, 0.05) is 0 Å². The number of hydrogen-bond acceptors (Lipinski definition) is 3. The molecular weight excluding hydrogens is 267 g/mol. The average molecular weight is 293 g/mol. The predicted octanol–water partition coefficient (Wildman–Crippen LogP) is 2.29. The first-order chi connectivity index (χ1) is 7.12. The van der Waals surface area contributed by atoms with Gasteiger partial charge in [-0.3, -0.25) is 0 Å². The third-order valence-electron chi connectivity index (χ3n) is 1.31. The Morgan fingerprint density at radius 1 is 0.938 bits per heavy atom. The summed E-state index contributed by atoms with van der Waals surface area (Å²) in [5.41, 5.74) is 0. The molecule has 0 heterocycles. The highest BCUT2D eigenvalue weighted by atomic mass is 28.5. The highest BCUT2D eigenvalue weighted by Gasteiger charge is 2.33. The zero-order valence-corrected chi connectivity index (χ0v) is 15.8. The number of hydrogen-bond donors (Lipinski definition) is 0. The molecule has 0 aliphatic rings. The first-order valence-corrected chi connectivity index (χ1v) is 16.5. The first-order valence-electron chi connectivity index (χ1n) is 6.01. The molecule has 0 aliphatic carbocycles. The van der Waals surface area contributed by atoms with Gasteiger partial charge in [0.25, 0.3) is 17.6 Å². The van der Waals surface area contributed by atoms with E-state index in [4.69, 9.17) is 21.0 Å². The van der Waals surface area contributed by atoms with E-state index < -0.39 is 34.3 Å². The largest absolute Gasteiger partial charge is 0.443 e. The third kappa shape index (κ3) is 10.00. The highest BCUT2D eigenvalue weighted by Crippen LogP contribution is 2.15. The Morgan fingerprint density at radius 3 is 1.69 bits per heavy atom. The Balaban J connectivity index is 4.59. The van der Waals surface area contributed by atoms with E-state index in [2.05, 4.69) is 19.6 Å². The van der Waals surface area contributed by atoms with Gasteiger partial charge in [0.15, 0.2) is 16.6 Å². The van der Waals surface area contributed by atoms with Crippen LogP contribution in [0.4, 0.5) is 0 Å². The fourth-order valence-corrected chi connectivity index (χ4v) is 13.0. The average Bonchev–Trinajstić information content (AvgIpc) is 1.65. The van der Waals surface area contributed by atoms with E-state index in [9.17, 15) is 0 Å². The van der Waals surface area contributed by atoms with Crippen molar-refractivity contribution in [3.8, 4) is 0 Å². The summed E-state index contributed by atoms with van der Waals surface area (Å²) in [7, 11) is -3.11. The monoisotopic (exact) mass is 293 g/mol. The SMILES string of the molecule is [2H][Si](C)(O[Si](C)(C)C)O[Si]([B])(C)O[Si](C)(C)C. The maximum absolute atomic E-state index is 8.16. The van der Waals surface area contributed by atoms with Crippen LogP contribution in [0.25, 0.3) is 0 Å². The summed E-state index contributed by atoms with van der Waals surface area (Å²) in [5.74, 6) is 0. The van der Waals surface area contributed by atoms with Crippen LogP contribution in [-0.4, -0.2) is 43.0 Å². The second kappa shape index (κ2) is 5.64. The molecule has 2 radical (unpaired) electrons. The van der Waals surface area contributed by atoms with Gasteiger partial charge in [0.1, 0.15) is 7.44 Å². The molecule has 8 heteroatoms. The van der Waals surface area contributed by atoms with Crippen LogP contribution in [0.1, 0.15) is 0 Å². The van der Waals surface area contributed by atoms with Gasteiger partial charge in [-0.25, -0.2) is 0 Å². The van der Waals surface area contributed by atoms with E-state index in [1.165, 1.54) is 0 Å². The van der Waals surface area contributed by atoms with E-state index in [1.54, 1.807) is 13.1 Å². The van der Waals surface area contributed by atoms with Gasteiger partial charge < -0.3 is 12.3 Å². The van der Waals surface area contributed by atoms with Crippen molar-refractivity contribution in [2.75, 3.05) is 0 Å². The Hall–Kier alpha value is 0.812. The molecule has 0 amide bonds. The van der Waals surface area contributed by atoms with Crippen molar-refractivity contribution in [1.29, 1.82) is 1.23 Å². The van der Waals surface area contributed by atoms with Crippen LogP contribution in [0.2, 0.25) is 52.4 Å². The molecule has 0 saturated carbocycles. The summed E-state index contributed by atoms with van der Waals surface area (Å²) in [6, 6.07) is 0. The molecule has 0 aliphatic heterocycles. The van der Waals surface area contributed by atoms with Crippen molar-refractivity contribution in [3.63, 3.8) is 0 Å². The molecule has 16 heavy (non-hydrogen) atoms. The predicted molar refractivity (Wildman–Crippen MR) is 80.3 cm³/mol. The van der Waals surface area contributed by atoms with Crippen LogP contribution < -0.4 is 0 Å². The molecule has 0 N–H and O–H groups in total. The minimum Gasteiger partial charge on any atom is -0.443 e. The topological polar surface area (TPSA) is 27.7 Å². The Labute approximate surface area is 108 Å². The lowest BCUT2D eigenvalue weighted by Crippen LogP contribution is -2.52. The van der Waals surface area contributed by atoms with Crippen LogP contribution in [-0.2, 0) is 12.3 Å². The van der Waals surface area contributed by atoms with Gasteiger partial charge >= 0.3 is 0 Å². The molecule has 3 nitrogen and oxygen atoms in total. The molecule has 0 aromatic carbocycles. The van der Waals surface area contributed by atoms with Gasteiger partial charge in [-0.05, 0) is 52.4 Å². The van der Waals surface area contributed by atoms with Gasteiger partial charge in [0.05, 0.1) is 1.23 Å². The molecule has 0 aromatic rings. The zero-order chi connectivity index (χ0) is 14.1. The van der Waals surface area contributed by atoms with Crippen molar-refractivity contribution in [2.24, 2.45) is 0 Å². The van der Waals surface area contributed by atoms with E-state index in [1.807, 2.05) is 19.6 Å². The van der Waals surface area contributed by atoms with E-state index >= 15 is 0 Å². The summed E-state index contributed by atoms with van der Waals surface area (Å²) in [6.45, 7) is 15.8. The summed E-state index contributed by atoms with van der Waals surface area (Å²) in [5, 5.41) is 0. The van der Waals surface area contributed by atoms with E-state index in [0.29, 0.717) is 0 Å². The van der Waals surface area contributed by atoms with Crippen molar-refractivity contribution in [3.05, 3.63) is 0 Å². The Kier molecular flexibility index (Phi) is 5.24. The molecule has 0 spiro atoms. The van der Waals surface area contributed by atoms with Gasteiger partial charge in [0.2, 0.25) is 0 Å². The standard InChI is InChI=1S/C8H25BO3Si4/c1-13(10-14(2,3)4)11-16(8,9)12-15(5,6)7/h13H,1-8H3/i13D. The van der Waals surface area contributed by atoms with Gasteiger partial charge in [-0.15, -0.1) is 0 Å². The van der Waals surface area contributed by atoms with Crippen molar-refractivity contribution in [2.45, 2.75) is 52.4 Å². The van der Waals surface area contributed by atoms with Gasteiger partial charge in [-0.1, -0.05) is 0 Å². The van der Waals surface area contributed by atoms with Crippen LogP contribution in [0.5, 0.6) is 0 Å². The van der Waals surface area contributed by atoms with E-state index in [-0.39, 0.29) is 0 Å². The first kappa shape index (κ1) is 14.9. The smallest absolute Gasteiger partial charge is 0.298 e. The van der Waals surface area contributed by atoms with Gasteiger partial charge in [-0.2, -0.15) is 0 Å². The van der Waals surface area contributed by atoms with Crippen molar-refractivity contribution in [1.82, 2.24) is 0 Å². The highest BCUT2D eigenvalue weighted by molar-refractivity contribution is 7.13. The van der Waals surface area contributed by atoms with Crippen molar-refractivity contribution < 1.29 is 12.3 Å². The summed E-state index contributed by atoms with van der Waals surface area (Å²) < 4.78 is 25.5. The fourth-order valence-electron chi connectivity index (χ4n) is 1.37. The summed E-state index contributed by atoms with van der Waals surface area (Å²) in [4.78, 5) is 0. The summed E-state index contributed by atoms with van der Waals surface area (Å²) in [6.07, 6.45) is 0. The fraction of sp³-hybridized carbons (Fsp3) is 1.00. The minimum atomic E-state index is -2.93. The van der Waals surface area contributed by atoms with Crippen LogP contribution in [0, 0.1) is 0 Å². The lowest BCUT2D eigenvalue weighted by Gasteiger charge is -2.35. The minimum absolute atomic E-state index is 1.72. The lowest BCUT2D eigenvalue weighted by molar-refractivity contribution is 0.366. The maximum Gasteiger partial charge on any atom is 0.298 e. The molecule has 94 valence electrons. The van der Waals surface area contributed by atoms with Crippen LogP contribution in [0.15, 0.2) is 0 Å². The molecule has 0 fully saturated rings. The molecule has 0 aromatic heterocycles. The molecule has 2 atom stereocenters. The summed E-state index contributed by atoms with van der Waals surface area (Å²) >= 11 is 0. The second-order valence-corrected chi connectivity index (χ2v) is 20.0. The molecule has 0 saturated heterocycles. The molecule has 0 rings (SSSR count). The molecular formula is C8H25BO3Si4. The number of rotatable bonds is 6. The zero-order valence-electron chi connectivity index (χ0n) is 12.8. The Morgan fingerprint density at radius 2 is 1.38 bits per heavy atom. The third-order valence-corrected chi connectivity index (χ3v) is 11.7. The van der Waals surface area contributed by atoms with E-state index in [0.717, 1.165) is 0 Å². The van der Waals surface area contributed by atoms with Crippen LogP contribution >= 0.6 is 0 Å². The Bertz CT molecular complexity index is 236. The maximum atomic E-state index is 8.16. The lowest BCUT2D eigenvalue weighted by atomic mass is 10.8. The quantitative estimate of drug-likeness (QED) is 0.703. The molecule has 2 unspecified atom stereocenters. The van der Waals surface area contributed by atoms with Crippen molar-refractivity contribution >= 4 is 41.7 Å². The molecule has 0 bridgehead atoms. The normalized spacial score (nSPS) is 22.1. The van der Waals surface area contributed by atoms with Crippen LogP contribution in [0.3, 0.4) is 0 Å². The second-order valence-electron chi connectivity index (χ2n) is 6.04.